The van der Waals surface area contributed by atoms with E-state index in [1.165, 1.54) is 0 Å². The first-order valence-corrected chi connectivity index (χ1v) is 8.54. The van der Waals surface area contributed by atoms with Crippen LogP contribution in [0.1, 0.15) is 31.1 Å². The molecule has 1 unspecified atom stereocenters. The van der Waals surface area contributed by atoms with Crippen molar-refractivity contribution in [3.8, 4) is 0 Å². The maximum atomic E-state index is 12.3. The van der Waals surface area contributed by atoms with Gasteiger partial charge in [0.15, 0.2) is 0 Å². The lowest BCUT2D eigenvalue weighted by atomic mass is 9.98. The largest absolute Gasteiger partial charge is 0.391 e. The predicted molar refractivity (Wildman–Crippen MR) is 97.8 cm³/mol. The molecule has 0 bridgehead atoms. The number of carbonyl (C=O) groups excluding carboxylic acids is 1. The zero-order chi connectivity index (χ0) is 14.1. The Kier molecular flexibility index (Phi) is 6.13. The minimum atomic E-state index is -0.646. The second kappa shape index (κ2) is 6.53. The molecule has 0 aliphatic heterocycles. The monoisotopic (exact) mass is 585 g/mol. The van der Waals surface area contributed by atoms with Crippen molar-refractivity contribution >= 4 is 73.7 Å². The normalized spacial score (nSPS) is 13.3. The molecule has 1 atom stereocenters. The van der Waals surface area contributed by atoms with Crippen molar-refractivity contribution < 1.29 is 9.90 Å². The van der Waals surface area contributed by atoms with Crippen molar-refractivity contribution in [1.29, 1.82) is 0 Å². The summed E-state index contributed by atoms with van der Waals surface area (Å²) >= 11 is 6.58. The van der Waals surface area contributed by atoms with Gasteiger partial charge >= 0.3 is 0 Å². The van der Waals surface area contributed by atoms with Gasteiger partial charge in [0.25, 0.3) is 5.91 Å². The number of aliphatic hydroxyl groups is 1. The molecule has 3 nitrogen and oxygen atoms in total. The highest BCUT2D eigenvalue weighted by Gasteiger charge is 2.27. The highest BCUT2D eigenvalue weighted by atomic mass is 127. The molecule has 1 aromatic carbocycles. The van der Waals surface area contributed by atoms with Crippen LogP contribution in [-0.4, -0.2) is 22.7 Å². The van der Waals surface area contributed by atoms with Crippen LogP contribution in [0.4, 0.5) is 0 Å². The van der Waals surface area contributed by atoms with E-state index in [1.54, 1.807) is 20.8 Å². The number of carbonyl (C=O) groups is 1. The molecule has 6 heteroatoms. The molecule has 1 amide bonds. The van der Waals surface area contributed by atoms with Crippen LogP contribution in [0, 0.1) is 10.7 Å². The maximum Gasteiger partial charge on any atom is 0.252 e. The molecule has 1 rings (SSSR count). The smallest absolute Gasteiger partial charge is 0.252 e. The average molecular weight is 585 g/mol. The van der Waals surface area contributed by atoms with Crippen LogP contribution in [0.3, 0.4) is 0 Å². The zero-order valence-corrected chi connectivity index (χ0v) is 16.7. The molecule has 0 saturated heterocycles. The van der Waals surface area contributed by atoms with E-state index in [0.717, 1.165) is 10.7 Å². The predicted octanol–water partition coefficient (Wildman–Crippen LogP) is 3.39. The molecule has 2 N–H and O–H groups in total. The van der Waals surface area contributed by atoms with Crippen LogP contribution < -0.4 is 5.32 Å². The Morgan fingerprint density at radius 3 is 2.39 bits per heavy atom. The molecule has 100 valence electrons. The van der Waals surface area contributed by atoms with Gasteiger partial charge in [-0.05, 0) is 101 Å². The van der Waals surface area contributed by atoms with Gasteiger partial charge < -0.3 is 10.4 Å². The van der Waals surface area contributed by atoms with Crippen LogP contribution >= 0.6 is 67.8 Å². The number of rotatable bonds is 3. The fourth-order valence-electron chi connectivity index (χ4n) is 1.19. The van der Waals surface area contributed by atoms with Crippen LogP contribution in [0.5, 0.6) is 0 Å². The lowest BCUT2D eigenvalue weighted by molar-refractivity contribution is 0.0708. The Hall–Kier alpha value is 0.840. The molecule has 0 heterocycles. The Bertz CT molecular complexity index is 473. The molecule has 0 aliphatic carbocycles. The van der Waals surface area contributed by atoms with E-state index in [-0.39, 0.29) is 5.91 Å². The van der Waals surface area contributed by atoms with E-state index in [4.69, 9.17) is 0 Å². The van der Waals surface area contributed by atoms with Crippen LogP contribution in [0.2, 0.25) is 0 Å². The summed E-state index contributed by atoms with van der Waals surface area (Å²) < 4.78 is 3.02. The third-order valence-electron chi connectivity index (χ3n) is 2.72. The number of halogens is 3. The summed E-state index contributed by atoms with van der Waals surface area (Å²) in [7, 11) is 0. The molecule has 1 aromatic rings. The van der Waals surface area contributed by atoms with Crippen molar-refractivity contribution in [3.05, 3.63) is 28.4 Å². The first-order valence-electron chi connectivity index (χ1n) is 5.30. The van der Waals surface area contributed by atoms with Crippen LogP contribution in [0.25, 0.3) is 0 Å². The van der Waals surface area contributed by atoms with Gasteiger partial charge in [-0.25, -0.2) is 0 Å². The van der Waals surface area contributed by atoms with Gasteiger partial charge in [0.05, 0.1) is 17.2 Å². The molecule has 0 aromatic heterocycles. The average Bonchev–Trinajstić information content (AvgIpc) is 2.22. The van der Waals surface area contributed by atoms with Gasteiger partial charge in [-0.15, -0.1) is 0 Å². The van der Waals surface area contributed by atoms with Crippen molar-refractivity contribution in [3.63, 3.8) is 0 Å². The second-order valence-corrected chi connectivity index (χ2v) is 8.09. The second-order valence-electron chi connectivity index (χ2n) is 4.60. The number of amides is 1. The van der Waals surface area contributed by atoms with E-state index in [9.17, 15) is 9.90 Å². The number of benzene rings is 1. The van der Waals surface area contributed by atoms with Crippen molar-refractivity contribution in [2.24, 2.45) is 0 Å². The lowest BCUT2D eigenvalue weighted by Crippen LogP contribution is -2.51. The molecule has 0 radical (unpaired) electrons. The molecular formula is C12H14I3NO2. The standard InChI is InChI=1S/C12H14I3NO2/c1-6(17)12(2,3)16-11(18)8-4-7(13)5-9(14)10(8)15/h4-6,17H,1-3H3,(H,16,18). The van der Waals surface area contributed by atoms with Gasteiger partial charge in [0, 0.05) is 10.7 Å². The summed E-state index contributed by atoms with van der Waals surface area (Å²) in [5.74, 6) is -0.151. The number of aliphatic hydroxyl groups excluding tert-OH is 1. The third-order valence-corrected chi connectivity index (χ3v) is 6.39. The first kappa shape index (κ1) is 16.9. The highest BCUT2D eigenvalue weighted by molar-refractivity contribution is 14.1. The Labute approximate surface area is 148 Å². The molecule has 0 fully saturated rings. The van der Waals surface area contributed by atoms with Gasteiger partial charge in [-0.3, -0.25) is 4.79 Å². The molecular weight excluding hydrogens is 571 g/mol. The summed E-state index contributed by atoms with van der Waals surface area (Å²) in [5.41, 5.74) is 0.00740. The number of nitrogens with one attached hydrogen (secondary N) is 1. The third kappa shape index (κ3) is 4.17. The first-order chi connectivity index (χ1) is 8.15. The Morgan fingerprint density at radius 2 is 1.89 bits per heavy atom. The summed E-state index contributed by atoms with van der Waals surface area (Å²) in [5, 5.41) is 12.5. The van der Waals surface area contributed by atoms with Crippen molar-refractivity contribution in [2.75, 3.05) is 0 Å². The molecule has 0 spiro atoms. The zero-order valence-electron chi connectivity index (χ0n) is 10.2. The van der Waals surface area contributed by atoms with E-state index in [1.807, 2.05) is 12.1 Å². The van der Waals surface area contributed by atoms with Crippen molar-refractivity contribution in [1.82, 2.24) is 5.32 Å². The van der Waals surface area contributed by atoms with Gasteiger partial charge in [-0.1, -0.05) is 0 Å². The maximum absolute atomic E-state index is 12.3. The minimum Gasteiger partial charge on any atom is -0.391 e. The molecule has 0 aliphatic rings. The SMILES string of the molecule is CC(O)C(C)(C)NC(=O)c1cc(I)cc(I)c1I. The van der Waals surface area contributed by atoms with E-state index in [2.05, 4.69) is 73.1 Å². The number of hydrogen-bond acceptors (Lipinski definition) is 2. The Morgan fingerprint density at radius 1 is 1.33 bits per heavy atom. The molecule has 18 heavy (non-hydrogen) atoms. The molecule has 0 saturated carbocycles. The lowest BCUT2D eigenvalue weighted by Gasteiger charge is -2.29. The summed E-state index contributed by atoms with van der Waals surface area (Å²) in [6, 6.07) is 3.89. The van der Waals surface area contributed by atoms with E-state index in [0.29, 0.717) is 5.56 Å². The summed E-state index contributed by atoms with van der Waals surface area (Å²) in [6.45, 7) is 5.28. The Balaban J connectivity index is 3.06. The fraction of sp³-hybridized carbons (Fsp3) is 0.417. The topological polar surface area (TPSA) is 49.3 Å². The quantitative estimate of drug-likeness (QED) is 0.423. The summed E-state index contributed by atoms with van der Waals surface area (Å²) in [6.07, 6.45) is -0.610. The van der Waals surface area contributed by atoms with Gasteiger partial charge in [0.1, 0.15) is 0 Å². The van der Waals surface area contributed by atoms with Crippen LogP contribution in [0.15, 0.2) is 12.1 Å². The van der Waals surface area contributed by atoms with E-state index < -0.39 is 11.6 Å². The van der Waals surface area contributed by atoms with E-state index >= 15 is 0 Å². The van der Waals surface area contributed by atoms with Gasteiger partial charge in [-0.2, -0.15) is 0 Å². The van der Waals surface area contributed by atoms with Crippen molar-refractivity contribution in [2.45, 2.75) is 32.4 Å². The highest BCUT2D eigenvalue weighted by Crippen LogP contribution is 2.23. The minimum absolute atomic E-state index is 0.151. The van der Waals surface area contributed by atoms with Gasteiger partial charge in [0.2, 0.25) is 0 Å². The summed E-state index contributed by atoms with van der Waals surface area (Å²) in [4.78, 5) is 12.3. The number of hydrogen-bond donors (Lipinski definition) is 2. The van der Waals surface area contributed by atoms with Crippen LogP contribution in [-0.2, 0) is 0 Å². The fourth-order valence-corrected chi connectivity index (χ4v) is 3.59.